The van der Waals surface area contributed by atoms with Crippen molar-refractivity contribution in [2.75, 3.05) is 46.9 Å². The van der Waals surface area contributed by atoms with E-state index in [9.17, 15) is 9.90 Å². The lowest BCUT2D eigenvalue weighted by atomic mass is 9.70. The lowest BCUT2D eigenvalue weighted by Crippen LogP contribution is -2.52. The summed E-state index contributed by atoms with van der Waals surface area (Å²) in [5.41, 5.74) is 1.58. The molecule has 3 aromatic rings. The molecule has 5 rings (SSSR count). The van der Waals surface area contributed by atoms with Gasteiger partial charge in [0.1, 0.15) is 11.9 Å². The minimum atomic E-state index is -0.982. The Labute approximate surface area is 244 Å². The van der Waals surface area contributed by atoms with Crippen molar-refractivity contribution in [1.29, 1.82) is 0 Å². The molecule has 3 atom stereocenters. The van der Waals surface area contributed by atoms with Crippen LogP contribution in [-0.2, 0) is 10.3 Å². The number of fused-ring (bicyclic) bond motifs is 1. The van der Waals surface area contributed by atoms with Crippen LogP contribution in [0, 0.1) is 12.8 Å². The molecule has 0 amide bonds. The Kier molecular flexibility index (Phi) is 10.7. The SMILES string of the molecule is COc1ccc2cc(C3(O)CCC(OC(=O)c4cccc(C)c4)CC3CN3CCN(C)CC3)ccc2c1.Cl.Cl. The highest BCUT2D eigenvalue weighted by Gasteiger charge is 2.45. The van der Waals surface area contributed by atoms with Gasteiger partial charge < -0.3 is 24.4 Å². The van der Waals surface area contributed by atoms with Gasteiger partial charge in [-0.05, 0) is 79.9 Å². The molecule has 6 nitrogen and oxygen atoms in total. The van der Waals surface area contributed by atoms with Crippen LogP contribution in [0.4, 0.5) is 0 Å². The molecule has 3 unspecified atom stereocenters. The van der Waals surface area contributed by atoms with Gasteiger partial charge in [-0.3, -0.25) is 0 Å². The second-order valence-corrected chi connectivity index (χ2v) is 10.8. The van der Waals surface area contributed by atoms with E-state index in [0.717, 1.165) is 60.4 Å². The van der Waals surface area contributed by atoms with Gasteiger partial charge in [0.05, 0.1) is 18.3 Å². The Hall–Kier alpha value is -2.35. The number of ether oxygens (including phenoxy) is 2. The second kappa shape index (κ2) is 13.3. The molecule has 1 N–H and O–H groups in total. The van der Waals surface area contributed by atoms with Crippen molar-refractivity contribution in [3.63, 3.8) is 0 Å². The number of aliphatic hydroxyl groups is 1. The fraction of sp³-hybridized carbons (Fsp3) is 0.452. The van der Waals surface area contributed by atoms with Gasteiger partial charge in [-0.25, -0.2) is 4.79 Å². The van der Waals surface area contributed by atoms with Crippen LogP contribution < -0.4 is 4.74 Å². The summed E-state index contributed by atoms with van der Waals surface area (Å²) in [5.74, 6) is 0.496. The van der Waals surface area contributed by atoms with Crippen molar-refractivity contribution in [2.45, 2.75) is 37.9 Å². The Bertz CT molecular complexity index is 1260. The molecule has 0 bridgehead atoms. The molecule has 2 fully saturated rings. The molecule has 1 saturated carbocycles. The number of methoxy groups -OCH3 is 1. The number of aryl methyl sites for hydroxylation is 1. The quantitative estimate of drug-likeness (QED) is 0.394. The zero-order valence-corrected chi connectivity index (χ0v) is 24.6. The summed E-state index contributed by atoms with van der Waals surface area (Å²) in [5, 5.41) is 14.4. The second-order valence-electron chi connectivity index (χ2n) is 10.8. The van der Waals surface area contributed by atoms with Gasteiger partial charge >= 0.3 is 5.97 Å². The van der Waals surface area contributed by atoms with E-state index in [-0.39, 0.29) is 42.8 Å². The maximum Gasteiger partial charge on any atom is 0.338 e. The Balaban J connectivity index is 0.00000210. The van der Waals surface area contributed by atoms with Gasteiger partial charge in [0.25, 0.3) is 0 Å². The molecule has 3 aromatic carbocycles. The van der Waals surface area contributed by atoms with Crippen LogP contribution >= 0.6 is 24.8 Å². The molecule has 1 saturated heterocycles. The molecule has 2 aliphatic rings. The Morgan fingerprint density at radius 1 is 1.00 bits per heavy atom. The maximum atomic E-state index is 12.9. The number of likely N-dealkylation sites (N-methyl/N-ethyl adjacent to an activating group) is 1. The molecule has 0 spiro atoms. The van der Waals surface area contributed by atoms with Gasteiger partial charge in [0.2, 0.25) is 0 Å². The van der Waals surface area contributed by atoms with Crippen LogP contribution in [0.5, 0.6) is 5.75 Å². The number of piperazine rings is 1. The predicted octanol–water partition coefficient (Wildman–Crippen LogP) is 5.46. The van der Waals surface area contributed by atoms with Gasteiger partial charge in [-0.15, -0.1) is 24.8 Å². The van der Waals surface area contributed by atoms with Crippen molar-refractivity contribution in [2.24, 2.45) is 5.92 Å². The van der Waals surface area contributed by atoms with Crippen LogP contribution in [0.25, 0.3) is 10.8 Å². The number of hydrogen-bond donors (Lipinski definition) is 1. The van der Waals surface area contributed by atoms with E-state index in [1.807, 2.05) is 43.3 Å². The molecule has 0 radical (unpaired) electrons. The fourth-order valence-corrected chi connectivity index (χ4v) is 5.88. The summed E-state index contributed by atoms with van der Waals surface area (Å²) in [7, 11) is 3.82. The van der Waals surface area contributed by atoms with Gasteiger partial charge in [-0.1, -0.05) is 35.9 Å². The van der Waals surface area contributed by atoms with Gasteiger partial charge in [-0.2, -0.15) is 0 Å². The normalized spacial score (nSPS) is 23.9. The van der Waals surface area contributed by atoms with E-state index in [4.69, 9.17) is 9.47 Å². The summed E-state index contributed by atoms with van der Waals surface area (Å²) >= 11 is 0. The number of hydrogen-bond acceptors (Lipinski definition) is 6. The van der Waals surface area contributed by atoms with Gasteiger partial charge in [0, 0.05) is 38.6 Å². The lowest BCUT2D eigenvalue weighted by Gasteiger charge is -2.46. The van der Waals surface area contributed by atoms with E-state index in [1.54, 1.807) is 13.2 Å². The minimum absolute atomic E-state index is 0. The first-order valence-electron chi connectivity index (χ1n) is 13.3. The number of rotatable bonds is 6. The number of benzene rings is 3. The third-order valence-electron chi connectivity index (χ3n) is 8.22. The molecule has 212 valence electrons. The predicted molar refractivity (Wildman–Crippen MR) is 161 cm³/mol. The van der Waals surface area contributed by atoms with Crippen molar-refractivity contribution in [1.82, 2.24) is 9.80 Å². The molecule has 8 heteroatoms. The third kappa shape index (κ3) is 7.05. The number of carbonyl (C=O) groups is 1. The molecule has 1 aliphatic heterocycles. The van der Waals surface area contributed by atoms with E-state index in [2.05, 4.69) is 35.0 Å². The van der Waals surface area contributed by atoms with Crippen molar-refractivity contribution in [3.05, 3.63) is 77.4 Å². The van der Waals surface area contributed by atoms with E-state index < -0.39 is 5.60 Å². The molecule has 0 aromatic heterocycles. The zero-order chi connectivity index (χ0) is 26.0. The number of esters is 1. The number of nitrogens with zero attached hydrogens (tertiary/aromatic N) is 2. The molecular weight excluding hydrogens is 535 g/mol. The molecule has 1 heterocycles. The summed E-state index contributed by atoms with van der Waals surface area (Å²) < 4.78 is 11.4. The summed E-state index contributed by atoms with van der Waals surface area (Å²) in [6, 6.07) is 19.8. The minimum Gasteiger partial charge on any atom is -0.497 e. The average Bonchev–Trinajstić information content (AvgIpc) is 2.91. The Morgan fingerprint density at radius 2 is 1.72 bits per heavy atom. The fourth-order valence-electron chi connectivity index (χ4n) is 5.88. The van der Waals surface area contributed by atoms with Crippen molar-refractivity contribution in [3.8, 4) is 5.75 Å². The van der Waals surface area contributed by atoms with Crippen molar-refractivity contribution >= 4 is 41.6 Å². The summed E-state index contributed by atoms with van der Waals surface area (Å²) in [6.07, 6.45) is 1.61. The number of carbonyl (C=O) groups excluding carboxylic acids is 1. The monoisotopic (exact) mass is 574 g/mol. The first-order valence-corrected chi connectivity index (χ1v) is 13.3. The van der Waals surface area contributed by atoms with E-state index in [1.165, 1.54) is 0 Å². The standard InChI is InChI=1S/C31H38N2O4.2ClH/c1-22-5-4-6-25(17-22)30(34)37-29-11-12-31(35,27(20-29)21-33-15-13-32(2)14-16-33)26-9-7-24-19-28(36-3)10-8-23(24)18-26;;/h4-10,17-19,27,29,35H,11-16,20-21H2,1-3H3;2*1H. The van der Waals surface area contributed by atoms with Crippen LogP contribution in [0.2, 0.25) is 0 Å². The first kappa shape index (κ1) is 31.2. The highest BCUT2D eigenvalue weighted by molar-refractivity contribution is 5.89. The zero-order valence-electron chi connectivity index (χ0n) is 23.0. The van der Waals surface area contributed by atoms with Gasteiger partial charge in [0.15, 0.2) is 0 Å². The maximum absolute atomic E-state index is 12.9. The van der Waals surface area contributed by atoms with Crippen LogP contribution in [0.1, 0.15) is 40.7 Å². The summed E-state index contributed by atoms with van der Waals surface area (Å²) in [4.78, 5) is 17.7. The Morgan fingerprint density at radius 3 is 2.44 bits per heavy atom. The topological polar surface area (TPSA) is 62.2 Å². The molecule has 39 heavy (non-hydrogen) atoms. The summed E-state index contributed by atoms with van der Waals surface area (Å²) in [6.45, 7) is 6.76. The van der Waals surface area contributed by atoms with E-state index >= 15 is 0 Å². The van der Waals surface area contributed by atoms with E-state index in [0.29, 0.717) is 24.8 Å². The highest BCUT2D eigenvalue weighted by atomic mass is 35.5. The van der Waals surface area contributed by atoms with Crippen molar-refractivity contribution < 1.29 is 19.4 Å². The molecule has 1 aliphatic carbocycles. The smallest absolute Gasteiger partial charge is 0.338 e. The highest BCUT2D eigenvalue weighted by Crippen LogP contribution is 2.44. The number of halogens is 2. The largest absolute Gasteiger partial charge is 0.497 e. The van der Waals surface area contributed by atoms with Crippen LogP contribution in [-0.4, -0.2) is 73.9 Å². The average molecular weight is 576 g/mol. The lowest BCUT2D eigenvalue weighted by molar-refractivity contribution is -0.100. The van der Waals surface area contributed by atoms with Crippen LogP contribution in [0.15, 0.2) is 60.7 Å². The molecular formula is C31H40Cl2N2O4. The third-order valence-corrected chi connectivity index (χ3v) is 8.22. The van der Waals surface area contributed by atoms with Crippen LogP contribution in [0.3, 0.4) is 0 Å². The first-order chi connectivity index (χ1) is 17.8.